The number of rotatable bonds is 5. The normalized spacial score (nSPS) is 13.1. The highest BCUT2D eigenvalue weighted by atomic mass is 32.1. The van der Waals surface area contributed by atoms with E-state index >= 15 is 0 Å². The quantitative estimate of drug-likeness (QED) is 0.886. The van der Waals surface area contributed by atoms with Gasteiger partial charge in [-0.15, -0.1) is 11.3 Å². The average Bonchev–Trinajstić information content (AvgIpc) is 3.13. The summed E-state index contributed by atoms with van der Waals surface area (Å²) in [5.41, 5.74) is 1.77. The SMILES string of the molecule is CNC(=O)COc1ccc(C(=O)N2CCc3sccc3C2)cc1OC. The van der Waals surface area contributed by atoms with Gasteiger partial charge in [-0.1, -0.05) is 0 Å². The summed E-state index contributed by atoms with van der Waals surface area (Å²) < 4.78 is 10.7. The number of nitrogens with one attached hydrogen (secondary N) is 1. The molecule has 1 aliphatic rings. The van der Waals surface area contributed by atoms with Crippen molar-refractivity contribution in [1.29, 1.82) is 0 Å². The van der Waals surface area contributed by atoms with Gasteiger partial charge >= 0.3 is 0 Å². The van der Waals surface area contributed by atoms with Crippen LogP contribution in [0.1, 0.15) is 20.8 Å². The standard InChI is InChI=1S/C18H20N2O4S/c1-19-17(21)11-24-14-4-3-12(9-15(14)23-2)18(22)20-7-5-16-13(10-20)6-8-25-16/h3-4,6,8-9H,5,7,10-11H2,1-2H3,(H,19,21). The summed E-state index contributed by atoms with van der Waals surface area (Å²) in [5, 5.41) is 4.56. The third-order valence-electron chi connectivity index (χ3n) is 4.14. The molecule has 7 heteroatoms. The molecule has 1 aromatic heterocycles. The van der Waals surface area contributed by atoms with Gasteiger partial charge in [0.15, 0.2) is 18.1 Å². The van der Waals surface area contributed by atoms with Crippen molar-refractivity contribution in [2.24, 2.45) is 0 Å². The second-order valence-electron chi connectivity index (χ2n) is 5.67. The molecule has 0 aliphatic carbocycles. The van der Waals surface area contributed by atoms with Crippen molar-refractivity contribution >= 4 is 23.2 Å². The monoisotopic (exact) mass is 360 g/mol. The zero-order chi connectivity index (χ0) is 17.8. The number of fused-ring (bicyclic) bond motifs is 1. The lowest BCUT2D eigenvalue weighted by Crippen LogP contribution is -2.35. The van der Waals surface area contributed by atoms with E-state index in [-0.39, 0.29) is 18.4 Å². The Morgan fingerprint density at radius 2 is 2.12 bits per heavy atom. The molecule has 3 rings (SSSR count). The van der Waals surface area contributed by atoms with E-state index in [0.29, 0.717) is 30.2 Å². The van der Waals surface area contributed by atoms with Crippen LogP contribution in [0, 0.1) is 0 Å². The van der Waals surface area contributed by atoms with E-state index in [4.69, 9.17) is 9.47 Å². The second-order valence-corrected chi connectivity index (χ2v) is 6.67. The predicted molar refractivity (Wildman–Crippen MR) is 95.3 cm³/mol. The summed E-state index contributed by atoms with van der Waals surface area (Å²) in [6, 6.07) is 7.10. The number of methoxy groups -OCH3 is 1. The van der Waals surface area contributed by atoms with Crippen molar-refractivity contribution in [3.63, 3.8) is 0 Å². The van der Waals surface area contributed by atoms with Gasteiger partial charge in [-0.25, -0.2) is 0 Å². The maximum Gasteiger partial charge on any atom is 0.257 e. The van der Waals surface area contributed by atoms with Crippen LogP contribution in [-0.4, -0.2) is 44.0 Å². The highest BCUT2D eigenvalue weighted by Gasteiger charge is 2.23. The Bertz CT molecular complexity index is 787. The Balaban J connectivity index is 1.74. The highest BCUT2D eigenvalue weighted by molar-refractivity contribution is 7.10. The van der Waals surface area contributed by atoms with Crippen LogP contribution < -0.4 is 14.8 Å². The molecule has 25 heavy (non-hydrogen) atoms. The molecule has 0 bridgehead atoms. The molecule has 2 aromatic rings. The fraction of sp³-hybridized carbons (Fsp3) is 0.333. The summed E-state index contributed by atoms with van der Waals surface area (Å²) in [7, 11) is 3.05. The minimum Gasteiger partial charge on any atom is -0.493 e. The number of hydrogen-bond acceptors (Lipinski definition) is 5. The van der Waals surface area contributed by atoms with Gasteiger partial charge in [-0.3, -0.25) is 9.59 Å². The minimum atomic E-state index is -0.234. The number of likely N-dealkylation sites (N-methyl/N-ethyl adjacent to an activating group) is 1. The summed E-state index contributed by atoms with van der Waals surface area (Å²) in [5.74, 6) is 0.597. The second kappa shape index (κ2) is 7.57. The van der Waals surface area contributed by atoms with Gasteiger partial charge in [-0.05, 0) is 41.6 Å². The third-order valence-corrected chi connectivity index (χ3v) is 5.17. The first-order valence-corrected chi connectivity index (χ1v) is 8.86. The molecule has 6 nitrogen and oxygen atoms in total. The fourth-order valence-corrected chi connectivity index (χ4v) is 3.63. The summed E-state index contributed by atoms with van der Waals surface area (Å²) in [6.45, 7) is 1.24. The van der Waals surface area contributed by atoms with Gasteiger partial charge in [-0.2, -0.15) is 0 Å². The smallest absolute Gasteiger partial charge is 0.257 e. The first-order valence-electron chi connectivity index (χ1n) is 7.98. The molecular weight excluding hydrogens is 340 g/mol. The van der Waals surface area contributed by atoms with Crippen molar-refractivity contribution < 1.29 is 19.1 Å². The van der Waals surface area contributed by atoms with E-state index in [1.807, 2.05) is 4.90 Å². The number of ether oxygens (including phenoxy) is 2. The van der Waals surface area contributed by atoms with E-state index in [2.05, 4.69) is 16.8 Å². The van der Waals surface area contributed by atoms with Gasteiger partial charge in [0.1, 0.15) is 0 Å². The molecule has 132 valence electrons. The zero-order valence-electron chi connectivity index (χ0n) is 14.2. The van der Waals surface area contributed by atoms with Crippen molar-refractivity contribution in [2.75, 3.05) is 27.3 Å². The van der Waals surface area contributed by atoms with Crippen molar-refractivity contribution in [3.05, 3.63) is 45.6 Å². The number of carbonyl (C=O) groups is 2. The highest BCUT2D eigenvalue weighted by Crippen LogP contribution is 2.30. The molecule has 0 saturated heterocycles. The van der Waals surface area contributed by atoms with Gasteiger partial charge in [0.25, 0.3) is 11.8 Å². The maximum atomic E-state index is 12.8. The molecule has 0 spiro atoms. The van der Waals surface area contributed by atoms with Crippen LogP contribution in [0.15, 0.2) is 29.6 Å². The fourth-order valence-electron chi connectivity index (χ4n) is 2.74. The molecule has 2 amide bonds. The number of benzene rings is 1. The summed E-state index contributed by atoms with van der Waals surface area (Å²) in [4.78, 5) is 27.3. The Hall–Kier alpha value is -2.54. The Morgan fingerprint density at radius 3 is 2.88 bits per heavy atom. The van der Waals surface area contributed by atoms with Crippen molar-refractivity contribution in [1.82, 2.24) is 10.2 Å². The first kappa shape index (κ1) is 17.3. The third kappa shape index (κ3) is 3.76. The number of carbonyl (C=O) groups excluding carboxylic acids is 2. The molecule has 1 aromatic carbocycles. The summed E-state index contributed by atoms with van der Waals surface area (Å²) in [6.07, 6.45) is 0.892. The van der Waals surface area contributed by atoms with E-state index < -0.39 is 0 Å². The Morgan fingerprint density at radius 1 is 1.28 bits per heavy atom. The molecule has 1 N–H and O–H groups in total. The number of hydrogen-bond donors (Lipinski definition) is 1. The van der Waals surface area contributed by atoms with Crippen LogP contribution in [0.4, 0.5) is 0 Å². The molecular formula is C18H20N2O4S. The molecule has 0 radical (unpaired) electrons. The van der Waals surface area contributed by atoms with Gasteiger partial charge in [0, 0.05) is 30.6 Å². The molecule has 0 atom stereocenters. The Labute approximate surface area is 150 Å². The zero-order valence-corrected chi connectivity index (χ0v) is 15.0. The maximum absolute atomic E-state index is 12.8. The molecule has 1 aliphatic heterocycles. The summed E-state index contributed by atoms with van der Waals surface area (Å²) >= 11 is 1.75. The molecule has 2 heterocycles. The van der Waals surface area contributed by atoms with E-state index in [1.165, 1.54) is 17.6 Å². The lowest BCUT2D eigenvalue weighted by molar-refractivity contribution is -0.122. The average molecular weight is 360 g/mol. The molecule has 0 fully saturated rings. The van der Waals surface area contributed by atoms with E-state index in [1.54, 1.807) is 36.6 Å². The van der Waals surface area contributed by atoms with E-state index in [0.717, 1.165) is 6.42 Å². The van der Waals surface area contributed by atoms with Crippen LogP contribution >= 0.6 is 11.3 Å². The minimum absolute atomic E-state index is 0.0343. The van der Waals surface area contributed by atoms with Crippen molar-refractivity contribution in [2.45, 2.75) is 13.0 Å². The molecule has 0 saturated carbocycles. The van der Waals surface area contributed by atoms with Crippen molar-refractivity contribution in [3.8, 4) is 11.5 Å². The number of amides is 2. The van der Waals surface area contributed by atoms with Crippen LogP contribution in [0.5, 0.6) is 11.5 Å². The number of thiophene rings is 1. The van der Waals surface area contributed by atoms with Crippen LogP contribution in [0.3, 0.4) is 0 Å². The number of nitrogens with zero attached hydrogens (tertiary/aromatic N) is 1. The van der Waals surface area contributed by atoms with Gasteiger partial charge < -0.3 is 19.7 Å². The van der Waals surface area contributed by atoms with Crippen LogP contribution in [-0.2, 0) is 17.8 Å². The van der Waals surface area contributed by atoms with E-state index in [9.17, 15) is 9.59 Å². The lowest BCUT2D eigenvalue weighted by Gasteiger charge is -2.27. The molecule has 0 unspecified atom stereocenters. The van der Waals surface area contributed by atoms with Crippen LogP contribution in [0.2, 0.25) is 0 Å². The Kier molecular flexibility index (Phi) is 5.23. The topological polar surface area (TPSA) is 67.9 Å². The largest absolute Gasteiger partial charge is 0.493 e. The van der Waals surface area contributed by atoms with Crippen LogP contribution in [0.25, 0.3) is 0 Å². The lowest BCUT2D eigenvalue weighted by atomic mass is 10.1. The van der Waals surface area contributed by atoms with Gasteiger partial charge in [0.05, 0.1) is 7.11 Å². The van der Waals surface area contributed by atoms with Gasteiger partial charge in [0.2, 0.25) is 0 Å². The first-order chi connectivity index (χ1) is 12.1. The predicted octanol–water partition coefficient (Wildman–Crippen LogP) is 2.08.